The highest BCUT2D eigenvalue weighted by molar-refractivity contribution is 6.31. The van der Waals surface area contributed by atoms with E-state index in [9.17, 15) is 0 Å². The van der Waals surface area contributed by atoms with Crippen molar-refractivity contribution in [3.8, 4) is 0 Å². The summed E-state index contributed by atoms with van der Waals surface area (Å²) in [6.07, 6.45) is 2.96. The molecule has 0 fully saturated rings. The summed E-state index contributed by atoms with van der Waals surface area (Å²) in [5.41, 5.74) is 4.39. The van der Waals surface area contributed by atoms with Crippen molar-refractivity contribution in [1.29, 1.82) is 0 Å². The topological polar surface area (TPSA) is 65.6 Å². The predicted molar refractivity (Wildman–Crippen MR) is 116 cm³/mol. The average Bonchev–Trinajstić information content (AvgIpc) is 3.10. The Bertz CT molecular complexity index is 1090. The molecule has 142 valence electrons. The van der Waals surface area contributed by atoms with E-state index < -0.39 is 0 Å². The third-order valence-corrected chi connectivity index (χ3v) is 4.99. The minimum atomic E-state index is 0.616. The number of anilines is 2. The summed E-state index contributed by atoms with van der Waals surface area (Å²) in [6.45, 7) is 3.34. The monoisotopic (exact) mass is 391 g/mol. The van der Waals surface area contributed by atoms with Gasteiger partial charge in [0, 0.05) is 47.0 Å². The molecule has 2 aromatic heterocycles. The molecule has 5 nitrogen and oxygen atoms in total. The number of halogens is 1. The van der Waals surface area contributed by atoms with E-state index in [1.807, 2.05) is 43.3 Å². The van der Waals surface area contributed by atoms with Crippen molar-refractivity contribution >= 4 is 34.3 Å². The van der Waals surface area contributed by atoms with Gasteiger partial charge < -0.3 is 15.6 Å². The lowest BCUT2D eigenvalue weighted by atomic mass is 10.1. The van der Waals surface area contributed by atoms with Gasteiger partial charge in [0.1, 0.15) is 5.82 Å². The first kappa shape index (κ1) is 18.3. The highest BCUT2D eigenvalue weighted by atomic mass is 35.5. The van der Waals surface area contributed by atoms with Crippen LogP contribution in [0.15, 0.2) is 60.8 Å². The molecule has 0 aliphatic carbocycles. The van der Waals surface area contributed by atoms with Gasteiger partial charge in [-0.1, -0.05) is 48.0 Å². The summed E-state index contributed by atoms with van der Waals surface area (Å²) >= 11 is 6.22. The van der Waals surface area contributed by atoms with Crippen molar-refractivity contribution in [3.63, 3.8) is 0 Å². The average molecular weight is 392 g/mol. The molecule has 4 aromatic rings. The maximum Gasteiger partial charge on any atom is 0.224 e. The van der Waals surface area contributed by atoms with Crippen LogP contribution in [-0.2, 0) is 13.0 Å². The Morgan fingerprint density at radius 3 is 2.68 bits per heavy atom. The third-order valence-electron chi connectivity index (χ3n) is 4.62. The van der Waals surface area contributed by atoms with Crippen LogP contribution in [0.5, 0.6) is 0 Å². The van der Waals surface area contributed by atoms with Crippen molar-refractivity contribution in [2.45, 2.75) is 19.9 Å². The molecule has 0 spiro atoms. The molecule has 0 aliphatic rings. The van der Waals surface area contributed by atoms with Gasteiger partial charge >= 0.3 is 0 Å². The molecule has 0 radical (unpaired) electrons. The molecule has 0 amide bonds. The summed E-state index contributed by atoms with van der Waals surface area (Å²) in [5, 5.41) is 8.68. The van der Waals surface area contributed by atoms with Gasteiger partial charge in [-0.15, -0.1) is 0 Å². The zero-order valence-corrected chi connectivity index (χ0v) is 16.4. The van der Waals surface area contributed by atoms with E-state index in [1.165, 1.54) is 10.9 Å². The second-order valence-electron chi connectivity index (χ2n) is 6.70. The van der Waals surface area contributed by atoms with E-state index >= 15 is 0 Å². The van der Waals surface area contributed by atoms with Crippen LogP contribution in [0.4, 0.5) is 11.8 Å². The highest BCUT2D eigenvalue weighted by Gasteiger charge is 2.06. The van der Waals surface area contributed by atoms with Gasteiger partial charge in [-0.25, -0.2) is 4.98 Å². The number of fused-ring (bicyclic) bond motifs is 1. The number of H-pyrrole nitrogens is 1. The maximum atomic E-state index is 6.22. The minimum Gasteiger partial charge on any atom is -0.366 e. The Morgan fingerprint density at radius 1 is 0.964 bits per heavy atom. The van der Waals surface area contributed by atoms with E-state index in [0.29, 0.717) is 12.5 Å². The fourth-order valence-corrected chi connectivity index (χ4v) is 3.42. The first-order valence-electron chi connectivity index (χ1n) is 9.31. The van der Waals surface area contributed by atoms with E-state index in [2.05, 4.69) is 50.0 Å². The number of nitrogens with zero attached hydrogens (tertiary/aromatic N) is 2. The standard InChI is InChI=1S/C22H22ClN5/c1-15-12-21(26-14-17-6-2-4-8-19(17)23)28-22(27-15)24-11-10-16-13-25-20-9-5-3-7-18(16)20/h2-9,12-13,25H,10-11,14H2,1H3,(H2,24,26,27,28). The summed E-state index contributed by atoms with van der Waals surface area (Å²) in [6, 6.07) is 18.1. The Morgan fingerprint density at radius 2 is 1.79 bits per heavy atom. The van der Waals surface area contributed by atoms with Crippen molar-refractivity contribution in [1.82, 2.24) is 15.0 Å². The molecule has 6 heteroatoms. The van der Waals surface area contributed by atoms with Crippen LogP contribution in [0.1, 0.15) is 16.8 Å². The molecular formula is C22H22ClN5. The Hall–Kier alpha value is -3.05. The number of rotatable bonds is 7. The predicted octanol–water partition coefficient (Wildman–Crippen LogP) is 5.19. The molecule has 0 saturated carbocycles. The van der Waals surface area contributed by atoms with Gasteiger partial charge in [0.25, 0.3) is 0 Å². The molecule has 0 saturated heterocycles. The molecule has 4 rings (SSSR count). The quantitative estimate of drug-likeness (QED) is 0.405. The van der Waals surface area contributed by atoms with Crippen molar-refractivity contribution in [2.75, 3.05) is 17.2 Å². The van der Waals surface area contributed by atoms with Crippen LogP contribution in [0.2, 0.25) is 5.02 Å². The van der Waals surface area contributed by atoms with Crippen LogP contribution in [0.25, 0.3) is 10.9 Å². The SMILES string of the molecule is Cc1cc(NCc2ccccc2Cl)nc(NCCc2c[nH]c3ccccc23)n1. The molecule has 2 heterocycles. The third kappa shape index (κ3) is 4.26. The molecule has 0 aliphatic heterocycles. The van der Waals surface area contributed by atoms with Gasteiger partial charge in [0.15, 0.2) is 0 Å². The number of benzene rings is 2. The van der Waals surface area contributed by atoms with Crippen LogP contribution in [0.3, 0.4) is 0 Å². The fourth-order valence-electron chi connectivity index (χ4n) is 3.21. The van der Waals surface area contributed by atoms with Gasteiger partial charge in [0.2, 0.25) is 5.95 Å². The van der Waals surface area contributed by atoms with Gasteiger partial charge in [-0.3, -0.25) is 0 Å². The Kier molecular flexibility index (Phi) is 5.44. The van der Waals surface area contributed by atoms with Crippen LogP contribution < -0.4 is 10.6 Å². The minimum absolute atomic E-state index is 0.616. The van der Waals surface area contributed by atoms with E-state index in [4.69, 9.17) is 11.6 Å². The molecule has 3 N–H and O–H groups in total. The van der Waals surface area contributed by atoms with E-state index in [0.717, 1.165) is 40.6 Å². The molecule has 0 atom stereocenters. The number of hydrogen-bond acceptors (Lipinski definition) is 4. The normalized spacial score (nSPS) is 10.9. The number of para-hydroxylation sites is 1. The first-order chi connectivity index (χ1) is 13.7. The lowest BCUT2D eigenvalue weighted by Gasteiger charge is -2.10. The second-order valence-corrected chi connectivity index (χ2v) is 7.11. The highest BCUT2D eigenvalue weighted by Crippen LogP contribution is 2.19. The van der Waals surface area contributed by atoms with Gasteiger partial charge in [-0.05, 0) is 36.6 Å². The van der Waals surface area contributed by atoms with Crippen LogP contribution in [0, 0.1) is 6.92 Å². The van der Waals surface area contributed by atoms with Gasteiger partial charge in [0.05, 0.1) is 0 Å². The lowest BCUT2D eigenvalue weighted by molar-refractivity contribution is 0.974. The number of nitrogens with one attached hydrogen (secondary N) is 3. The summed E-state index contributed by atoms with van der Waals surface area (Å²) in [5.74, 6) is 1.41. The molecule has 0 unspecified atom stereocenters. The lowest BCUT2D eigenvalue weighted by Crippen LogP contribution is -2.10. The molecular weight excluding hydrogens is 370 g/mol. The van der Waals surface area contributed by atoms with Crippen molar-refractivity contribution in [2.24, 2.45) is 0 Å². The molecule has 2 aromatic carbocycles. The second kappa shape index (κ2) is 8.31. The van der Waals surface area contributed by atoms with Gasteiger partial charge in [-0.2, -0.15) is 4.98 Å². The summed E-state index contributed by atoms with van der Waals surface area (Å²) in [4.78, 5) is 12.4. The largest absolute Gasteiger partial charge is 0.366 e. The zero-order chi connectivity index (χ0) is 19.3. The maximum absolute atomic E-state index is 6.22. The van der Waals surface area contributed by atoms with Crippen molar-refractivity contribution in [3.05, 3.63) is 82.6 Å². The number of aromatic nitrogens is 3. The van der Waals surface area contributed by atoms with Crippen LogP contribution >= 0.6 is 11.6 Å². The zero-order valence-electron chi connectivity index (χ0n) is 15.7. The van der Waals surface area contributed by atoms with E-state index in [1.54, 1.807) is 0 Å². The smallest absolute Gasteiger partial charge is 0.224 e. The Balaban J connectivity index is 1.39. The van der Waals surface area contributed by atoms with Crippen molar-refractivity contribution < 1.29 is 0 Å². The summed E-state index contributed by atoms with van der Waals surface area (Å²) < 4.78 is 0. The summed E-state index contributed by atoms with van der Waals surface area (Å²) in [7, 11) is 0. The van der Waals surface area contributed by atoms with E-state index in [-0.39, 0.29) is 0 Å². The number of hydrogen-bond donors (Lipinski definition) is 3. The first-order valence-corrected chi connectivity index (χ1v) is 9.68. The Labute approximate surface area is 169 Å². The number of aryl methyl sites for hydroxylation is 1. The van der Waals surface area contributed by atoms with Crippen LogP contribution in [-0.4, -0.2) is 21.5 Å². The molecule has 0 bridgehead atoms. The number of aromatic amines is 1. The fraction of sp³-hybridized carbons (Fsp3) is 0.182. The molecule has 28 heavy (non-hydrogen) atoms.